The lowest BCUT2D eigenvalue weighted by Crippen LogP contribution is -2.01. The number of fused-ring (bicyclic) bond motifs is 1. The van der Waals surface area contributed by atoms with Crippen molar-refractivity contribution in [1.29, 1.82) is 0 Å². The van der Waals surface area contributed by atoms with Crippen LogP contribution in [0.2, 0.25) is 5.02 Å². The quantitative estimate of drug-likeness (QED) is 0.570. The lowest BCUT2D eigenvalue weighted by Gasteiger charge is -2.05. The van der Waals surface area contributed by atoms with Gasteiger partial charge in [-0.2, -0.15) is 0 Å². The van der Waals surface area contributed by atoms with Gasteiger partial charge in [0, 0.05) is 16.7 Å². The molecular formula is C15H8ClIO2. The summed E-state index contributed by atoms with van der Waals surface area (Å²) in [5.74, 6) is 0.568. The predicted molar refractivity (Wildman–Crippen MR) is 85.6 cm³/mol. The van der Waals surface area contributed by atoms with Gasteiger partial charge in [0.25, 0.3) is 0 Å². The molecule has 0 aliphatic rings. The predicted octanol–water partition coefficient (Wildman–Crippen LogP) is 4.72. The molecule has 0 amide bonds. The molecule has 2 nitrogen and oxygen atoms in total. The molecule has 1 aromatic heterocycles. The molecule has 0 spiro atoms. The monoisotopic (exact) mass is 382 g/mol. The maximum absolute atomic E-state index is 12.2. The first-order chi connectivity index (χ1) is 9.15. The minimum absolute atomic E-state index is 0.0829. The van der Waals surface area contributed by atoms with E-state index in [0.29, 0.717) is 21.8 Å². The van der Waals surface area contributed by atoms with Crippen LogP contribution in [-0.4, -0.2) is 0 Å². The highest BCUT2D eigenvalue weighted by molar-refractivity contribution is 14.1. The normalized spacial score (nSPS) is 10.8. The van der Waals surface area contributed by atoms with E-state index >= 15 is 0 Å². The molecule has 0 radical (unpaired) electrons. The maximum atomic E-state index is 12.2. The van der Waals surface area contributed by atoms with Gasteiger partial charge in [-0.25, -0.2) is 0 Å². The molecule has 19 heavy (non-hydrogen) atoms. The van der Waals surface area contributed by atoms with Crippen molar-refractivity contribution < 1.29 is 4.42 Å². The van der Waals surface area contributed by atoms with Crippen molar-refractivity contribution in [2.45, 2.75) is 0 Å². The standard InChI is InChI=1S/C15H8ClIO2/c16-10-6-11-13(18)8-14(9-4-2-1-3-5-9)19-15(11)12(17)7-10/h1-8H. The van der Waals surface area contributed by atoms with Gasteiger partial charge in [-0.05, 0) is 34.7 Å². The SMILES string of the molecule is O=c1cc(-c2ccccc2)oc2c(I)cc(Cl)cc12. The molecule has 1 heterocycles. The Labute approximate surface area is 128 Å². The first kappa shape index (κ1) is 12.7. The minimum Gasteiger partial charge on any atom is -0.455 e. The molecular weight excluding hydrogens is 375 g/mol. The molecule has 0 atom stereocenters. The van der Waals surface area contributed by atoms with E-state index in [-0.39, 0.29) is 5.43 Å². The zero-order chi connectivity index (χ0) is 13.4. The number of hydrogen-bond acceptors (Lipinski definition) is 2. The molecule has 0 unspecified atom stereocenters. The Balaban J connectivity index is 2.34. The highest BCUT2D eigenvalue weighted by Gasteiger charge is 2.10. The van der Waals surface area contributed by atoms with Crippen LogP contribution in [0.15, 0.2) is 57.7 Å². The van der Waals surface area contributed by atoms with Crippen LogP contribution in [0, 0.1) is 3.57 Å². The van der Waals surface area contributed by atoms with Gasteiger partial charge in [-0.15, -0.1) is 0 Å². The second-order valence-corrected chi connectivity index (χ2v) is 5.70. The van der Waals surface area contributed by atoms with Crippen LogP contribution in [0.4, 0.5) is 0 Å². The van der Waals surface area contributed by atoms with Gasteiger partial charge in [0.15, 0.2) is 11.0 Å². The van der Waals surface area contributed by atoms with E-state index in [2.05, 4.69) is 22.6 Å². The number of benzene rings is 2. The Morgan fingerprint density at radius 3 is 2.53 bits per heavy atom. The topological polar surface area (TPSA) is 30.2 Å². The van der Waals surface area contributed by atoms with Gasteiger partial charge in [0.05, 0.1) is 8.96 Å². The molecule has 0 N–H and O–H groups in total. The third-order valence-electron chi connectivity index (χ3n) is 2.81. The molecule has 4 heteroatoms. The third kappa shape index (κ3) is 2.40. The van der Waals surface area contributed by atoms with Gasteiger partial charge in [0.1, 0.15) is 5.76 Å². The highest BCUT2D eigenvalue weighted by atomic mass is 127. The van der Waals surface area contributed by atoms with Gasteiger partial charge in [-0.1, -0.05) is 41.9 Å². The van der Waals surface area contributed by atoms with E-state index < -0.39 is 0 Å². The van der Waals surface area contributed by atoms with E-state index in [1.165, 1.54) is 6.07 Å². The zero-order valence-corrected chi connectivity index (χ0v) is 12.6. The molecule has 3 aromatic rings. The van der Waals surface area contributed by atoms with E-state index in [4.69, 9.17) is 16.0 Å². The second kappa shape index (κ2) is 4.98. The number of hydrogen-bond donors (Lipinski definition) is 0. The van der Waals surface area contributed by atoms with Crippen LogP contribution in [0.25, 0.3) is 22.3 Å². The van der Waals surface area contributed by atoms with E-state index in [0.717, 1.165) is 9.13 Å². The average Bonchev–Trinajstić information content (AvgIpc) is 2.41. The fraction of sp³-hybridized carbons (Fsp3) is 0. The molecule has 0 aliphatic heterocycles. The second-order valence-electron chi connectivity index (χ2n) is 4.11. The molecule has 0 saturated carbocycles. The van der Waals surface area contributed by atoms with Crippen molar-refractivity contribution in [3.63, 3.8) is 0 Å². The van der Waals surface area contributed by atoms with Gasteiger partial charge in [0.2, 0.25) is 0 Å². The van der Waals surface area contributed by atoms with Crippen LogP contribution in [0.1, 0.15) is 0 Å². The molecule has 94 valence electrons. The summed E-state index contributed by atoms with van der Waals surface area (Å²) in [5, 5.41) is 1.05. The average molecular weight is 383 g/mol. The zero-order valence-electron chi connectivity index (χ0n) is 9.69. The fourth-order valence-electron chi connectivity index (χ4n) is 1.93. The van der Waals surface area contributed by atoms with Crippen LogP contribution in [-0.2, 0) is 0 Å². The molecule has 0 saturated heterocycles. The molecule has 3 rings (SSSR count). The van der Waals surface area contributed by atoms with Crippen molar-refractivity contribution in [2.24, 2.45) is 0 Å². The summed E-state index contributed by atoms with van der Waals surface area (Å²) in [4.78, 5) is 12.2. The third-order valence-corrected chi connectivity index (χ3v) is 3.83. The van der Waals surface area contributed by atoms with Crippen molar-refractivity contribution in [3.05, 3.63) is 67.3 Å². The smallest absolute Gasteiger partial charge is 0.193 e. The largest absolute Gasteiger partial charge is 0.455 e. The Bertz CT molecular complexity index is 809. The van der Waals surface area contributed by atoms with Crippen molar-refractivity contribution >= 4 is 45.2 Å². The first-order valence-electron chi connectivity index (χ1n) is 5.63. The Hall–Kier alpha value is -1.33. The van der Waals surface area contributed by atoms with Crippen LogP contribution < -0.4 is 5.43 Å². The summed E-state index contributed by atoms with van der Waals surface area (Å²) in [6.07, 6.45) is 0. The first-order valence-corrected chi connectivity index (χ1v) is 7.09. The fourth-order valence-corrected chi connectivity index (χ4v) is 3.07. The summed E-state index contributed by atoms with van der Waals surface area (Å²) in [5.41, 5.74) is 1.38. The lowest BCUT2D eigenvalue weighted by molar-refractivity contribution is 0.617. The number of halogens is 2. The van der Waals surface area contributed by atoms with Crippen LogP contribution >= 0.6 is 34.2 Å². The summed E-state index contributed by atoms with van der Waals surface area (Å²) in [6.45, 7) is 0. The van der Waals surface area contributed by atoms with Crippen molar-refractivity contribution in [3.8, 4) is 11.3 Å². The Morgan fingerprint density at radius 2 is 1.79 bits per heavy atom. The molecule has 0 fully saturated rings. The Kier molecular flexibility index (Phi) is 3.33. The molecule has 0 aliphatic carbocycles. The van der Waals surface area contributed by atoms with Crippen LogP contribution in [0.3, 0.4) is 0 Å². The van der Waals surface area contributed by atoms with Gasteiger partial charge in [-0.3, -0.25) is 4.79 Å². The Morgan fingerprint density at radius 1 is 1.05 bits per heavy atom. The summed E-state index contributed by atoms with van der Waals surface area (Å²) in [7, 11) is 0. The number of rotatable bonds is 1. The summed E-state index contributed by atoms with van der Waals surface area (Å²) < 4.78 is 6.68. The van der Waals surface area contributed by atoms with Gasteiger partial charge >= 0.3 is 0 Å². The van der Waals surface area contributed by atoms with Crippen molar-refractivity contribution in [2.75, 3.05) is 0 Å². The van der Waals surface area contributed by atoms with E-state index in [1.54, 1.807) is 12.1 Å². The molecule has 2 aromatic carbocycles. The minimum atomic E-state index is -0.0829. The van der Waals surface area contributed by atoms with E-state index in [1.807, 2.05) is 30.3 Å². The summed E-state index contributed by atoms with van der Waals surface area (Å²) in [6, 6.07) is 14.5. The van der Waals surface area contributed by atoms with Gasteiger partial charge < -0.3 is 4.42 Å². The summed E-state index contributed by atoms with van der Waals surface area (Å²) >= 11 is 8.09. The van der Waals surface area contributed by atoms with Crippen molar-refractivity contribution in [1.82, 2.24) is 0 Å². The van der Waals surface area contributed by atoms with Crippen LogP contribution in [0.5, 0.6) is 0 Å². The maximum Gasteiger partial charge on any atom is 0.193 e. The lowest BCUT2D eigenvalue weighted by atomic mass is 10.1. The van der Waals surface area contributed by atoms with E-state index in [9.17, 15) is 4.79 Å². The highest BCUT2D eigenvalue weighted by Crippen LogP contribution is 2.27. The molecule has 0 bridgehead atoms.